The highest BCUT2D eigenvalue weighted by Crippen LogP contribution is 2.25. The van der Waals surface area contributed by atoms with E-state index in [-0.39, 0.29) is 22.8 Å². The van der Waals surface area contributed by atoms with E-state index in [0.717, 1.165) is 0 Å². The fourth-order valence-electron chi connectivity index (χ4n) is 2.82. The number of amides is 2. The molecule has 0 bridgehead atoms. The first kappa shape index (κ1) is 20.5. The number of anilines is 2. The van der Waals surface area contributed by atoms with Gasteiger partial charge in [0.25, 0.3) is 5.91 Å². The number of rotatable bonds is 6. The summed E-state index contributed by atoms with van der Waals surface area (Å²) in [5.41, 5.74) is 6.30. The molecule has 3 N–H and O–H groups in total. The van der Waals surface area contributed by atoms with E-state index >= 15 is 0 Å². The minimum Gasteiger partial charge on any atom is -0.368 e. The van der Waals surface area contributed by atoms with Crippen molar-refractivity contribution in [3.05, 3.63) is 54.3 Å². The van der Waals surface area contributed by atoms with E-state index in [9.17, 15) is 22.4 Å². The van der Waals surface area contributed by atoms with Crippen molar-refractivity contribution in [3.63, 3.8) is 0 Å². The van der Waals surface area contributed by atoms with Crippen molar-refractivity contribution < 1.29 is 22.4 Å². The van der Waals surface area contributed by atoms with Crippen molar-refractivity contribution in [3.8, 4) is 0 Å². The lowest BCUT2D eigenvalue weighted by atomic mass is 10.1. The van der Waals surface area contributed by atoms with Crippen LogP contribution in [0.2, 0.25) is 0 Å². The number of primary amides is 1. The molecule has 0 saturated carbocycles. The average Bonchev–Trinajstić information content (AvgIpc) is 3.15. The summed E-state index contributed by atoms with van der Waals surface area (Å²) in [5, 5.41) is 8.08. The summed E-state index contributed by atoms with van der Waals surface area (Å²) >= 11 is 0. The molecule has 1 unspecified atom stereocenters. The van der Waals surface area contributed by atoms with Gasteiger partial charge < -0.3 is 11.1 Å². The Balaban J connectivity index is 1.79. The van der Waals surface area contributed by atoms with Gasteiger partial charge in [-0.1, -0.05) is 6.92 Å². The number of hydrogen-bond acceptors (Lipinski definition) is 6. The van der Waals surface area contributed by atoms with Crippen LogP contribution in [0.5, 0.6) is 0 Å². The third kappa shape index (κ3) is 4.43. The first-order valence-electron chi connectivity index (χ1n) is 8.77. The molecule has 2 aromatic carbocycles. The molecule has 3 rings (SSSR count). The molecule has 0 aromatic heterocycles. The van der Waals surface area contributed by atoms with Crippen LogP contribution < -0.4 is 16.1 Å². The molecule has 1 atom stereocenters. The minimum atomic E-state index is -3.34. The standard InChI is InChI=1S/C19H19FN4O4S/c1-2-29(27,28)15-9-5-13(6-10-15)22-19(26)16-11-17(18(21)25)24(23-16)14-7-3-12(20)4-8-14/h3-10,17H,2,11H2,1H3,(H2,21,25)(H,22,26). The predicted molar refractivity (Wildman–Crippen MR) is 107 cm³/mol. The maximum atomic E-state index is 13.2. The quantitative estimate of drug-likeness (QED) is 0.739. The van der Waals surface area contributed by atoms with Gasteiger partial charge in [0.15, 0.2) is 9.84 Å². The number of carbonyl (C=O) groups is 2. The Morgan fingerprint density at radius 2 is 1.79 bits per heavy atom. The van der Waals surface area contributed by atoms with Crippen LogP contribution in [0.15, 0.2) is 58.5 Å². The summed E-state index contributed by atoms with van der Waals surface area (Å²) in [5.74, 6) is -1.69. The average molecular weight is 418 g/mol. The number of sulfone groups is 1. The second-order valence-electron chi connectivity index (χ2n) is 6.37. The maximum absolute atomic E-state index is 13.2. The van der Waals surface area contributed by atoms with Crippen molar-refractivity contribution in [1.82, 2.24) is 0 Å². The predicted octanol–water partition coefficient (Wildman–Crippen LogP) is 1.68. The highest BCUT2D eigenvalue weighted by atomic mass is 32.2. The van der Waals surface area contributed by atoms with Crippen LogP contribution >= 0.6 is 0 Å². The van der Waals surface area contributed by atoms with Crippen LogP contribution in [0.25, 0.3) is 0 Å². The van der Waals surface area contributed by atoms with E-state index in [2.05, 4.69) is 10.4 Å². The number of benzene rings is 2. The molecular weight excluding hydrogens is 399 g/mol. The summed E-state index contributed by atoms with van der Waals surface area (Å²) in [6.45, 7) is 1.55. The Bertz CT molecular complexity index is 1070. The number of nitrogens with one attached hydrogen (secondary N) is 1. The molecule has 0 saturated heterocycles. The largest absolute Gasteiger partial charge is 0.368 e. The van der Waals surface area contributed by atoms with E-state index in [1.165, 1.54) is 53.5 Å². The molecule has 152 valence electrons. The second kappa shape index (κ2) is 8.00. The Kier molecular flexibility index (Phi) is 5.64. The van der Waals surface area contributed by atoms with Crippen molar-refractivity contribution in [2.75, 3.05) is 16.1 Å². The van der Waals surface area contributed by atoms with E-state index < -0.39 is 33.5 Å². The molecule has 8 nitrogen and oxygen atoms in total. The van der Waals surface area contributed by atoms with Gasteiger partial charge in [-0.2, -0.15) is 5.10 Å². The number of carbonyl (C=O) groups excluding carboxylic acids is 2. The molecule has 1 heterocycles. The zero-order valence-corrected chi connectivity index (χ0v) is 16.3. The lowest BCUT2D eigenvalue weighted by Crippen LogP contribution is -2.39. The lowest BCUT2D eigenvalue weighted by molar-refractivity contribution is -0.119. The van der Waals surface area contributed by atoms with Gasteiger partial charge in [0.1, 0.15) is 17.6 Å². The number of halogens is 1. The number of hydrazone groups is 1. The zero-order valence-electron chi connectivity index (χ0n) is 15.5. The maximum Gasteiger partial charge on any atom is 0.271 e. The molecule has 0 spiro atoms. The first-order valence-corrected chi connectivity index (χ1v) is 10.4. The Labute approximate surface area is 167 Å². The van der Waals surface area contributed by atoms with Gasteiger partial charge >= 0.3 is 0 Å². The van der Waals surface area contributed by atoms with Gasteiger partial charge in [-0.05, 0) is 48.5 Å². The van der Waals surface area contributed by atoms with Crippen LogP contribution in [0.3, 0.4) is 0 Å². The van der Waals surface area contributed by atoms with Crippen molar-refractivity contribution in [2.45, 2.75) is 24.3 Å². The third-order valence-electron chi connectivity index (χ3n) is 4.44. The summed E-state index contributed by atoms with van der Waals surface area (Å²) in [7, 11) is -3.34. The van der Waals surface area contributed by atoms with Crippen molar-refractivity contribution in [1.29, 1.82) is 0 Å². The lowest BCUT2D eigenvalue weighted by Gasteiger charge is -2.20. The summed E-state index contributed by atoms with van der Waals surface area (Å²) in [6.07, 6.45) is -0.0131. The number of nitrogens with two attached hydrogens (primary N) is 1. The van der Waals surface area contributed by atoms with Crippen LogP contribution in [0.4, 0.5) is 15.8 Å². The number of hydrogen-bond donors (Lipinski definition) is 2. The van der Waals surface area contributed by atoms with Gasteiger partial charge in [-0.25, -0.2) is 12.8 Å². The summed E-state index contributed by atoms with van der Waals surface area (Å²) in [4.78, 5) is 24.5. The number of nitrogens with zero attached hydrogens (tertiary/aromatic N) is 2. The zero-order chi connectivity index (χ0) is 21.2. The molecule has 0 radical (unpaired) electrons. The normalized spacial score (nSPS) is 16.4. The fraction of sp³-hybridized carbons (Fsp3) is 0.211. The van der Waals surface area contributed by atoms with Gasteiger partial charge in [0.2, 0.25) is 5.91 Å². The molecular formula is C19H19FN4O4S. The molecule has 2 amide bonds. The Hall–Kier alpha value is -3.27. The van der Waals surface area contributed by atoms with E-state index in [4.69, 9.17) is 5.73 Å². The van der Waals surface area contributed by atoms with E-state index in [0.29, 0.717) is 11.4 Å². The van der Waals surface area contributed by atoms with E-state index in [1.54, 1.807) is 6.92 Å². The summed E-state index contributed by atoms with van der Waals surface area (Å²) in [6, 6.07) is 10.2. The highest BCUT2D eigenvalue weighted by Gasteiger charge is 2.35. The molecule has 10 heteroatoms. The van der Waals surface area contributed by atoms with Gasteiger partial charge in [-0.3, -0.25) is 14.6 Å². The van der Waals surface area contributed by atoms with E-state index in [1.807, 2.05) is 0 Å². The molecule has 0 fully saturated rings. The van der Waals surface area contributed by atoms with Crippen molar-refractivity contribution >= 4 is 38.7 Å². The third-order valence-corrected chi connectivity index (χ3v) is 6.19. The second-order valence-corrected chi connectivity index (χ2v) is 8.65. The molecule has 29 heavy (non-hydrogen) atoms. The SMILES string of the molecule is CCS(=O)(=O)c1ccc(NC(=O)C2=NN(c3ccc(F)cc3)C(C(N)=O)C2)cc1. The topological polar surface area (TPSA) is 122 Å². The first-order chi connectivity index (χ1) is 13.7. The molecule has 1 aliphatic rings. The fourth-order valence-corrected chi connectivity index (χ4v) is 3.70. The van der Waals surface area contributed by atoms with Gasteiger partial charge in [0, 0.05) is 12.1 Å². The summed E-state index contributed by atoms with van der Waals surface area (Å²) < 4.78 is 36.9. The molecule has 2 aromatic rings. The van der Waals surface area contributed by atoms with Crippen molar-refractivity contribution in [2.24, 2.45) is 10.8 Å². The monoisotopic (exact) mass is 418 g/mol. The molecule has 1 aliphatic heterocycles. The van der Waals surface area contributed by atoms with Gasteiger partial charge in [-0.15, -0.1) is 0 Å². The Morgan fingerprint density at radius 3 is 2.34 bits per heavy atom. The van der Waals surface area contributed by atoms with Crippen LogP contribution in [0, 0.1) is 5.82 Å². The molecule has 0 aliphatic carbocycles. The van der Waals surface area contributed by atoms with Crippen LogP contribution in [-0.4, -0.2) is 37.7 Å². The van der Waals surface area contributed by atoms with Crippen LogP contribution in [-0.2, 0) is 19.4 Å². The Morgan fingerprint density at radius 1 is 1.17 bits per heavy atom. The smallest absolute Gasteiger partial charge is 0.271 e. The minimum absolute atomic E-state index is 0.0131. The van der Waals surface area contributed by atoms with Crippen LogP contribution in [0.1, 0.15) is 13.3 Å². The van der Waals surface area contributed by atoms with Gasteiger partial charge in [0.05, 0.1) is 16.3 Å². The highest BCUT2D eigenvalue weighted by molar-refractivity contribution is 7.91.